The highest BCUT2D eigenvalue weighted by Gasteiger charge is 2.46. The molecule has 5 unspecified atom stereocenters. The third kappa shape index (κ3) is 5.66. The zero-order valence-corrected chi connectivity index (χ0v) is 15.4. The van der Waals surface area contributed by atoms with Gasteiger partial charge in [-0.05, 0) is 24.1 Å². The van der Waals surface area contributed by atoms with Gasteiger partial charge in [0.15, 0.2) is 6.29 Å². The minimum atomic E-state index is -1.15. The van der Waals surface area contributed by atoms with Gasteiger partial charge in [0.25, 0.3) is 0 Å². The van der Waals surface area contributed by atoms with Crippen LogP contribution in [0.5, 0.6) is 0 Å². The van der Waals surface area contributed by atoms with Crippen molar-refractivity contribution in [2.75, 3.05) is 20.3 Å². The van der Waals surface area contributed by atoms with Crippen molar-refractivity contribution in [2.45, 2.75) is 50.4 Å². The summed E-state index contributed by atoms with van der Waals surface area (Å²) in [5.74, 6) is -0.527. The number of methoxy groups -OCH3 is 1. The molecule has 1 fully saturated rings. The summed E-state index contributed by atoms with van der Waals surface area (Å²) >= 11 is 0. The molecule has 0 spiro atoms. The molecule has 0 radical (unpaired) electrons. The largest absolute Gasteiger partial charge is 0.459 e. The highest BCUT2D eigenvalue weighted by Crippen LogP contribution is 2.27. The van der Waals surface area contributed by atoms with Gasteiger partial charge < -0.3 is 24.1 Å². The van der Waals surface area contributed by atoms with Gasteiger partial charge in [-0.25, -0.2) is 4.79 Å². The van der Waals surface area contributed by atoms with Crippen molar-refractivity contribution in [3.8, 4) is 0 Å². The monoisotopic (exact) mass is 379 g/mol. The third-order valence-corrected chi connectivity index (χ3v) is 4.26. The molecule has 27 heavy (non-hydrogen) atoms. The summed E-state index contributed by atoms with van der Waals surface area (Å²) in [4.78, 5) is 14.9. The molecule has 1 saturated heterocycles. The van der Waals surface area contributed by atoms with Crippen molar-refractivity contribution < 1.29 is 28.8 Å². The number of azide groups is 1. The molecule has 5 atom stereocenters. The highest BCUT2D eigenvalue weighted by atomic mass is 16.7. The zero-order chi connectivity index (χ0) is 19.6. The van der Waals surface area contributed by atoms with Gasteiger partial charge in [-0.15, -0.1) is 0 Å². The topological polar surface area (TPSA) is 123 Å². The third-order valence-electron chi connectivity index (χ3n) is 4.26. The normalized spacial score (nSPS) is 27.6. The van der Waals surface area contributed by atoms with Gasteiger partial charge in [-0.3, -0.25) is 0 Å². The number of aliphatic hydroxyl groups excluding tert-OH is 1. The van der Waals surface area contributed by atoms with E-state index in [2.05, 4.69) is 10.0 Å². The number of unbranched alkanes of at least 4 members (excludes halogenated alkanes) is 1. The summed E-state index contributed by atoms with van der Waals surface area (Å²) in [6.07, 6.45) is -2.06. The van der Waals surface area contributed by atoms with E-state index < -0.39 is 36.6 Å². The number of rotatable bonds is 9. The van der Waals surface area contributed by atoms with Crippen LogP contribution in [-0.4, -0.2) is 62.0 Å². The second-order valence-corrected chi connectivity index (χ2v) is 6.12. The maximum absolute atomic E-state index is 12.1. The average molecular weight is 379 g/mol. The van der Waals surface area contributed by atoms with Crippen LogP contribution in [0.15, 0.2) is 35.4 Å². The van der Waals surface area contributed by atoms with Crippen LogP contribution in [0.4, 0.5) is 0 Å². The fraction of sp³-hybridized carbons (Fsp3) is 0.611. The zero-order valence-electron chi connectivity index (χ0n) is 15.4. The van der Waals surface area contributed by atoms with Gasteiger partial charge in [0.1, 0.15) is 24.9 Å². The fourth-order valence-corrected chi connectivity index (χ4v) is 2.79. The number of nitrogens with zero attached hydrogens (tertiary/aromatic N) is 3. The predicted molar refractivity (Wildman–Crippen MR) is 96.0 cm³/mol. The van der Waals surface area contributed by atoms with Crippen LogP contribution in [-0.2, 0) is 18.9 Å². The van der Waals surface area contributed by atoms with E-state index in [1.165, 1.54) is 7.11 Å². The van der Waals surface area contributed by atoms with Crippen LogP contribution < -0.4 is 0 Å². The Bertz CT molecular complexity index is 637. The van der Waals surface area contributed by atoms with Crippen LogP contribution in [0.2, 0.25) is 0 Å². The number of hydrogen-bond acceptors (Lipinski definition) is 7. The van der Waals surface area contributed by atoms with Crippen molar-refractivity contribution in [1.82, 2.24) is 0 Å². The lowest BCUT2D eigenvalue weighted by Crippen LogP contribution is -2.59. The van der Waals surface area contributed by atoms with Crippen LogP contribution in [0.25, 0.3) is 10.4 Å². The Labute approximate surface area is 157 Å². The summed E-state index contributed by atoms with van der Waals surface area (Å²) in [7, 11) is 1.40. The second-order valence-electron chi connectivity index (χ2n) is 6.12. The lowest BCUT2D eigenvalue weighted by Gasteiger charge is -2.42. The van der Waals surface area contributed by atoms with E-state index in [0.29, 0.717) is 12.2 Å². The number of ether oxygens (including phenoxy) is 4. The number of hydrogen-bond donors (Lipinski definition) is 1. The average Bonchev–Trinajstić information content (AvgIpc) is 2.70. The molecule has 0 aliphatic carbocycles. The van der Waals surface area contributed by atoms with E-state index in [9.17, 15) is 9.90 Å². The molecule has 1 heterocycles. The van der Waals surface area contributed by atoms with E-state index in [1.54, 1.807) is 30.3 Å². The first-order chi connectivity index (χ1) is 13.1. The fourth-order valence-electron chi connectivity index (χ4n) is 2.79. The Kier molecular flexibility index (Phi) is 8.50. The van der Waals surface area contributed by atoms with Gasteiger partial charge >= 0.3 is 5.97 Å². The highest BCUT2D eigenvalue weighted by molar-refractivity contribution is 5.89. The maximum Gasteiger partial charge on any atom is 0.338 e. The molecule has 0 saturated carbocycles. The van der Waals surface area contributed by atoms with Crippen LogP contribution in [0.3, 0.4) is 0 Å². The summed E-state index contributed by atoms with van der Waals surface area (Å²) < 4.78 is 21.9. The lowest BCUT2D eigenvalue weighted by atomic mass is 9.97. The number of carbonyl (C=O) groups excluding carboxylic acids is 1. The van der Waals surface area contributed by atoms with Gasteiger partial charge in [0.2, 0.25) is 0 Å². The van der Waals surface area contributed by atoms with Crippen LogP contribution in [0, 0.1) is 0 Å². The van der Waals surface area contributed by atoms with Gasteiger partial charge in [0, 0.05) is 18.6 Å². The molecular formula is C18H25N3O6. The molecule has 9 heteroatoms. The molecule has 0 amide bonds. The molecule has 0 aromatic heterocycles. The molecule has 1 aromatic rings. The second kappa shape index (κ2) is 10.9. The first-order valence-corrected chi connectivity index (χ1v) is 8.86. The first-order valence-electron chi connectivity index (χ1n) is 8.86. The summed E-state index contributed by atoms with van der Waals surface area (Å²) in [6.45, 7) is 2.21. The Morgan fingerprint density at radius 1 is 1.37 bits per heavy atom. The van der Waals surface area contributed by atoms with Crippen LogP contribution in [0.1, 0.15) is 30.1 Å². The molecule has 1 aliphatic heterocycles. The Morgan fingerprint density at radius 2 is 2.11 bits per heavy atom. The van der Waals surface area contributed by atoms with Crippen molar-refractivity contribution in [3.63, 3.8) is 0 Å². The maximum atomic E-state index is 12.1. The molecule has 9 nitrogen and oxygen atoms in total. The summed E-state index contributed by atoms with van der Waals surface area (Å²) in [6, 6.07) is 7.66. The minimum absolute atomic E-state index is 0.189. The molecule has 1 N–H and O–H groups in total. The number of carbonyl (C=O) groups is 1. The summed E-state index contributed by atoms with van der Waals surface area (Å²) in [5, 5.41) is 14.3. The van der Waals surface area contributed by atoms with Crippen molar-refractivity contribution in [3.05, 3.63) is 46.3 Å². The van der Waals surface area contributed by atoms with Gasteiger partial charge in [0.05, 0.1) is 11.7 Å². The SMILES string of the molecule is CCCCOC1C(O)C(COC(=O)c2ccccc2)OC(OC)C1N=[N+]=[N-]. The molecule has 1 aromatic carbocycles. The molecular weight excluding hydrogens is 354 g/mol. The van der Waals surface area contributed by atoms with E-state index in [4.69, 9.17) is 24.5 Å². The number of aliphatic hydroxyl groups is 1. The number of benzene rings is 1. The lowest BCUT2D eigenvalue weighted by molar-refractivity contribution is -0.265. The van der Waals surface area contributed by atoms with Gasteiger partial charge in [-0.1, -0.05) is 36.7 Å². The number of esters is 1. The van der Waals surface area contributed by atoms with E-state index in [0.717, 1.165) is 12.8 Å². The Morgan fingerprint density at radius 3 is 2.74 bits per heavy atom. The van der Waals surface area contributed by atoms with E-state index in [-0.39, 0.29) is 6.61 Å². The first kappa shape index (κ1) is 21.1. The standard InChI is InChI=1S/C18H25N3O6/c1-3-4-10-25-16-14(20-21-19)18(24-2)27-13(15(16)22)11-26-17(23)12-8-6-5-7-9-12/h5-9,13-16,18,22H,3-4,10-11H2,1-2H3. The quantitative estimate of drug-likeness (QED) is 0.231. The van der Waals surface area contributed by atoms with Crippen LogP contribution >= 0.6 is 0 Å². The minimum Gasteiger partial charge on any atom is -0.459 e. The molecule has 1 aliphatic rings. The molecule has 0 bridgehead atoms. The summed E-state index contributed by atoms with van der Waals surface area (Å²) in [5.41, 5.74) is 9.21. The van der Waals surface area contributed by atoms with Crippen molar-refractivity contribution >= 4 is 5.97 Å². The van der Waals surface area contributed by atoms with E-state index >= 15 is 0 Å². The molecule has 2 rings (SSSR count). The Hall–Kier alpha value is -2.16. The predicted octanol–water partition coefficient (Wildman–Crippen LogP) is 2.44. The van der Waals surface area contributed by atoms with Crippen molar-refractivity contribution in [2.24, 2.45) is 5.11 Å². The smallest absolute Gasteiger partial charge is 0.338 e. The van der Waals surface area contributed by atoms with Gasteiger partial charge in [-0.2, -0.15) is 0 Å². The van der Waals surface area contributed by atoms with Crippen molar-refractivity contribution in [1.29, 1.82) is 0 Å². The Balaban J connectivity index is 2.06. The molecule has 148 valence electrons. The van der Waals surface area contributed by atoms with E-state index in [1.807, 2.05) is 6.92 Å².